The van der Waals surface area contributed by atoms with Crippen LogP contribution in [0.1, 0.15) is 40.5 Å². The highest BCUT2D eigenvalue weighted by molar-refractivity contribution is 6.80. The molecule has 0 amide bonds. The molecule has 3 atom stereocenters. The highest BCUT2D eigenvalue weighted by Crippen LogP contribution is 2.34. The number of hydrogen-bond acceptors (Lipinski definition) is 3. The summed E-state index contributed by atoms with van der Waals surface area (Å²) < 4.78 is 13.6. The van der Waals surface area contributed by atoms with Crippen LogP contribution in [0.15, 0.2) is 0 Å². The van der Waals surface area contributed by atoms with Crippen LogP contribution in [0, 0.1) is 0 Å². The van der Waals surface area contributed by atoms with Gasteiger partial charge in [0.15, 0.2) is 8.32 Å². The van der Waals surface area contributed by atoms with Gasteiger partial charge in [-0.25, -0.2) is 0 Å². The minimum atomic E-state index is -1.60. The van der Waals surface area contributed by atoms with Crippen molar-refractivity contribution >= 4 is 25.4 Å². The molecule has 0 aromatic carbocycles. The van der Waals surface area contributed by atoms with E-state index in [1.54, 1.807) is 0 Å². The van der Waals surface area contributed by atoms with Gasteiger partial charge < -0.3 is 14.6 Å². The van der Waals surface area contributed by atoms with Crippen LogP contribution >= 0.6 is 0 Å². The lowest BCUT2D eigenvalue weighted by Gasteiger charge is -2.49. The van der Waals surface area contributed by atoms with Crippen LogP contribution in [0.4, 0.5) is 0 Å². The molecular formula is C16H41NO2Si3. The highest BCUT2D eigenvalue weighted by atomic mass is 28.4. The molecule has 0 aromatic rings. The van der Waals surface area contributed by atoms with E-state index < -0.39 is 25.4 Å². The Kier molecular flexibility index (Phi) is 8.27. The molecule has 0 aliphatic carbocycles. The Balaban J connectivity index is 5.56. The van der Waals surface area contributed by atoms with Gasteiger partial charge in [-0.1, -0.05) is 40.4 Å². The van der Waals surface area contributed by atoms with Crippen LogP contribution in [0.25, 0.3) is 0 Å². The van der Waals surface area contributed by atoms with E-state index in [1.807, 2.05) is 0 Å². The smallest absolute Gasteiger partial charge is 0.207 e. The molecule has 0 aliphatic heterocycles. The third-order valence-electron chi connectivity index (χ3n) is 4.93. The molecule has 134 valence electrons. The topological polar surface area (TPSA) is 44.5 Å². The van der Waals surface area contributed by atoms with Crippen molar-refractivity contribution in [2.75, 3.05) is 6.54 Å². The van der Waals surface area contributed by atoms with Gasteiger partial charge in [0.05, 0.1) is 18.5 Å². The second kappa shape index (κ2) is 8.07. The fourth-order valence-electron chi connectivity index (χ4n) is 3.27. The zero-order valence-electron chi connectivity index (χ0n) is 16.8. The SMILES string of the molecule is CC[SiH](OC(CC)(CN)[Si](C)(C)C)C(C)(CC)O[Si](C)(C)C. The van der Waals surface area contributed by atoms with Crippen LogP contribution in [-0.4, -0.2) is 42.4 Å². The zero-order valence-corrected chi connectivity index (χ0v) is 20.0. The maximum absolute atomic E-state index is 6.92. The summed E-state index contributed by atoms with van der Waals surface area (Å²) >= 11 is 0. The first-order valence-electron chi connectivity index (χ1n) is 8.89. The molecule has 0 bridgehead atoms. The molecule has 2 N–H and O–H groups in total. The van der Waals surface area contributed by atoms with E-state index in [2.05, 4.69) is 67.0 Å². The average Bonchev–Trinajstić information content (AvgIpc) is 2.37. The summed E-state index contributed by atoms with van der Waals surface area (Å²) in [4.78, 5) is 0. The average molecular weight is 364 g/mol. The van der Waals surface area contributed by atoms with E-state index in [4.69, 9.17) is 14.6 Å². The normalized spacial score (nSPS) is 20.3. The summed E-state index contributed by atoms with van der Waals surface area (Å²) in [5.41, 5.74) is 6.22. The second-order valence-electron chi connectivity index (χ2n) is 8.70. The predicted molar refractivity (Wildman–Crippen MR) is 107 cm³/mol. The lowest BCUT2D eigenvalue weighted by molar-refractivity contribution is 0.0821. The molecule has 0 rings (SSSR count). The monoisotopic (exact) mass is 363 g/mol. The van der Waals surface area contributed by atoms with Crippen LogP contribution in [0.3, 0.4) is 0 Å². The fourth-order valence-corrected chi connectivity index (χ4v) is 12.5. The first-order chi connectivity index (χ1) is 9.80. The highest BCUT2D eigenvalue weighted by Gasteiger charge is 2.48. The first kappa shape index (κ1) is 22.5. The van der Waals surface area contributed by atoms with Crippen molar-refractivity contribution in [3.05, 3.63) is 0 Å². The lowest BCUT2D eigenvalue weighted by atomic mass is 10.3. The van der Waals surface area contributed by atoms with Gasteiger partial charge in [-0.05, 0) is 45.5 Å². The lowest BCUT2D eigenvalue weighted by Crippen LogP contribution is -2.64. The molecule has 0 spiro atoms. The summed E-state index contributed by atoms with van der Waals surface area (Å²) in [5, 5.41) is -0.201. The van der Waals surface area contributed by atoms with Crippen LogP contribution in [-0.2, 0) is 8.85 Å². The fraction of sp³-hybridized carbons (Fsp3) is 1.00. The molecule has 3 unspecified atom stereocenters. The molecule has 0 fully saturated rings. The first-order valence-corrected chi connectivity index (χ1v) is 17.7. The van der Waals surface area contributed by atoms with Crippen molar-refractivity contribution in [2.45, 2.75) is 96.3 Å². The molecule has 0 radical (unpaired) electrons. The molecule has 0 aromatic heterocycles. The van der Waals surface area contributed by atoms with Gasteiger partial charge in [0, 0.05) is 6.54 Å². The summed E-state index contributed by atoms with van der Waals surface area (Å²) in [5.74, 6) is 0. The maximum atomic E-state index is 6.92. The number of nitrogens with two attached hydrogens (primary N) is 1. The van der Waals surface area contributed by atoms with Gasteiger partial charge in [-0.15, -0.1) is 0 Å². The van der Waals surface area contributed by atoms with Gasteiger partial charge in [0.1, 0.15) is 0 Å². The van der Waals surface area contributed by atoms with E-state index in [0.29, 0.717) is 6.54 Å². The summed E-state index contributed by atoms with van der Waals surface area (Å²) in [6.07, 6.45) is 2.04. The molecule has 6 heteroatoms. The van der Waals surface area contributed by atoms with E-state index in [0.717, 1.165) is 18.9 Å². The molecule has 22 heavy (non-hydrogen) atoms. The van der Waals surface area contributed by atoms with Crippen molar-refractivity contribution in [3.8, 4) is 0 Å². The van der Waals surface area contributed by atoms with Crippen LogP contribution < -0.4 is 5.73 Å². The summed E-state index contributed by atoms with van der Waals surface area (Å²) in [6, 6.07) is 1.10. The van der Waals surface area contributed by atoms with Gasteiger partial charge in [0.25, 0.3) is 0 Å². The van der Waals surface area contributed by atoms with E-state index in [1.165, 1.54) is 0 Å². The third-order valence-corrected chi connectivity index (χ3v) is 13.3. The maximum Gasteiger partial charge on any atom is 0.207 e. The van der Waals surface area contributed by atoms with E-state index >= 15 is 0 Å². The Bertz CT molecular complexity index is 335. The van der Waals surface area contributed by atoms with Gasteiger partial charge in [-0.2, -0.15) is 0 Å². The molecule has 0 aliphatic rings. The Morgan fingerprint density at radius 3 is 1.68 bits per heavy atom. The van der Waals surface area contributed by atoms with Crippen molar-refractivity contribution in [1.82, 2.24) is 0 Å². The number of hydrogen-bond donors (Lipinski definition) is 1. The Morgan fingerprint density at radius 2 is 1.45 bits per heavy atom. The quantitative estimate of drug-likeness (QED) is 0.589. The number of rotatable bonds is 10. The third kappa shape index (κ3) is 5.56. The molecule has 0 saturated heterocycles. The van der Waals surface area contributed by atoms with Gasteiger partial charge >= 0.3 is 0 Å². The van der Waals surface area contributed by atoms with Crippen LogP contribution in [0.5, 0.6) is 0 Å². The second-order valence-corrected chi connectivity index (χ2v) is 21.8. The zero-order chi connectivity index (χ0) is 17.8. The van der Waals surface area contributed by atoms with Gasteiger partial charge in [0.2, 0.25) is 9.04 Å². The Labute approximate surface area is 143 Å². The van der Waals surface area contributed by atoms with E-state index in [-0.39, 0.29) is 10.4 Å². The molecule has 0 heterocycles. The van der Waals surface area contributed by atoms with E-state index in [9.17, 15) is 0 Å². The Hall–Kier alpha value is 0.531. The van der Waals surface area contributed by atoms with Crippen molar-refractivity contribution in [3.63, 3.8) is 0 Å². The molecular weight excluding hydrogens is 322 g/mol. The van der Waals surface area contributed by atoms with Crippen LogP contribution in [0.2, 0.25) is 45.3 Å². The minimum absolute atomic E-state index is 0.0888. The standard InChI is InChI=1S/C16H41NO2Si3/c1-11-15(4,19-22(8,9)10)20(13-3)18-16(12-2,14-17)21(5,6)7/h20H,11-14,17H2,1-10H3. The van der Waals surface area contributed by atoms with Crippen molar-refractivity contribution in [2.24, 2.45) is 5.73 Å². The van der Waals surface area contributed by atoms with Gasteiger partial charge in [-0.3, -0.25) is 0 Å². The summed E-state index contributed by atoms with van der Waals surface area (Å²) in [7, 11) is -4.66. The largest absolute Gasteiger partial charge is 0.413 e. The molecule has 3 nitrogen and oxygen atoms in total. The summed E-state index contributed by atoms with van der Waals surface area (Å²) in [6.45, 7) is 23.6. The van der Waals surface area contributed by atoms with Crippen molar-refractivity contribution < 1.29 is 8.85 Å². The van der Waals surface area contributed by atoms with Crippen molar-refractivity contribution in [1.29, 1.82) is 0 Å². The Morgan fingerprint density at radius 1 is 0.955 bits per heavy atom. The minimum Gasteiger partial charge on any atom is -0.413 e. The predicted octanol–water partition coefficient (Wildman–Crippen LogP) is 4.29. The molecule has 0 saturated carbocycles.